The van der Waals surface area contributed by atoms with Crippen LogP contribution in [0.25, 0.3) is 22.0 Å². The number of aromatic hydroxyl groups is 2. The third-order valence-corrected chi connectivity index (χ3v) is 11.7. The van der Waals surface area contributed by atoms with Crippen molar-refractivity contribution in [3.8, 4) is 39.9 Å². The second-order valence-corrected chi connectivity index (χ2v) is 15.2. The molecule has 4 aromatic carbocycles. The van der Waals surface area contributed by atoms with Gasteiger partial charge in [-0.3, -0.25) is 5.32 Å². The van der Waals surface area contributed by atoms with Crippen LogP contribution in [0.3, 0.4) is 0 Å². The van der Waals surface area contributed by atoms with E-state index >= 15 is 0 Å². The maximum atomic E-state index is 11.1. The number of nitrogens with one attached hydrogen (secondary N) is 3. The molecule has 3 heterocycles. The van der Waals surface area contributed by atoms with E-state index < -0.39 is 11.7 Å². The van der Waals surface area contributed by atoms with Gasteiger partial charge < -0.3 is 49.7 Å². The van der Waals surface area contributed by atoms with Crippen molar-refractivity contribution >= 4 is 10.9 Å². The van der Waals surface area contributed by atoms with Crippen LogP contribution < -0.4 is 24.8 Å². The summed E-state index contributed by atoms with van der Waals surface area (Å²) in [4.78, 5) is 3.30. The molecular formula is C44H51N3O8. The molecule has 55 heavy (non-hydrogen) atoms. The number of aromatic amines is 1. The number of likely N-dealkylation sites (N-methyl/N-ethyl adjacent to an activating group) is 1. The van der Waals surface area contributed by atoms with Crippen LogP contribution in [-0.2, 0) is 36.8 Å². The first-order valence-corrected chi connectivity index (χ1v) is 19.3. The van der Waals surface area contributed by atoms with Crippen LogP contribution in [0, 0.1) is 0 Å². The molecule has 0 saturated carbocycles. The number of aliphatic hydroxyl groups excluding tert-OH is 2. The number of aliphatic hydroxyl groups is 2. The molecule has 290 valence electrons. The molecule has 8 rings (SSSR count). The minimum Gasteiger partial charge on any atom is -0.508 e. The number of H-pyrrole nitrogens is 1. The normalized spacial score (nSPS) is 21.2. The number of phenols is 2. The zero-order chi connectivity index (χ0) is 38.3. The lowest BCUT2D eigenvalue weighted by molar-refractivity contribution is -0.128. The number of hydrogen-bond donors (Lipinski definition) is 7. The Morgan fingerprint density at radius 3 is 2.60 bits per heavy atom. The maximum absolute atomic E-state index is 11.1. The number of hydrogen-bond acceptors (Lipinski definition) is 10. The average molecular weight is 750 g/mol. The summed E-state index contributed by atoms with van der Waals surface area (Å²) in [5.74, 6) is 2.13. The highest BCUT2D eigenvalue weighted by Crippen LogP contribution is 2.58. The SMILES string of the molecule is CNCOC1(CNC)Cc2c3c(c4c(c2OC1c1cc(CCCO)c(O)c(OC)c1)CCC(CO)O4)-c1ccc(O)cc1C(Cc1ccc2[nH]ccc2c1)C3. The van der Waals surface area contributed by atoms with Gasteiger partial charge in [0.25, 0.3) is 0 Å². The van der Waals surface area contributed by atoms with Gasteiger partial charge in [0, 0.05) is 48.0 Å². The van der Waals surface area contributed by atoms with Gasteiger partial charge in [-0.1, -0.05) is 12.1 Å². The molecule has 11 heteroatoms. The summed E-state index contributed by atoms with van der Waals surface area (Å²) in [5.41, 5.74) is 9.05. The van der Waals surface area contributed by atoms with Gasteiger partial charge >= 0.3 is 0 Å². The summed E-state index contributed by atoms with van der Waals surface area (Å²) >= 11 is 0. The first-order valence-electron chi connectivity index (χ1n) is 19.3. The van der Waals surface area contributed by atoms with Crippen molar-refractivity contribution in [2.24, 2.45) is 0 Å². The number of rotatable bonds is 13. The van der Waals surface area contributed by atoms with Gasteiger partial charge in [-0.25, -0.2) is 0 Å². The lowest BCUT2D eigenvalue weighted by Crippen LogP contribution is -2.54. The Morgan fingerprint density at radius 1 is 0.945 bits per heavy atom. The predicted octanol–water partition coefficient (Wildman–Crippen LogP) is 5.58. The average Bonchev–Trinajstić information content (AvgIpc) is 3.67. The zero-order valence-corrected chi connectivity index (χ0v) is 31.7. The van der Waals surface area contributed by atoms with E-state index in [9.17, 15) is 20.4 Å². The van der Waals surface area contributed by atoms with Crippen LogP contribution in [0.5, 0.6) is 28.7 Å². The smallest absolute Gasteiger partial charge is 0.161 e. The first kappa shape index (κ1) is 37.2. The summed E-state index contributed by atoms with van der Waals surface area (Å²) in [6.07, 6.45) is 5.13. The summed E-state index contributed by atoms with van der Waals surface area (Å²) < 4.78 is 26.6. The first-order chi connectivity index (χ1) is 26.8. The summed E-state index contributed by atoms with van der Waals surface area (Å²) in [6.45, 7) is 0.608. The monoisotopic (exact) mass is 749 g/mol. The van der Waals surface area contributed by atoms with E-state index in [0.29, 0.717) is 56.4 Å². The second-order valence-electron chi connectivity index (χ2n) is 15.2. The van der Waals surface area contributed by atoms with Gasteiger partial charge in [0.05, 0.1) is 20.4 Å². The largest absolute Gasteiger partial charge is 0.508 e. The lowest BCUT2D eigenvalue weighted by atomic mass is 9.70. The van der Waals surface area contributed by atoms with E-state index in [1.54, 1.807) is 6.07 Å². The molecular weight excluding hydrogens is 698 g/mol. The maximum Gasteiger partial charge on any atom is 0.161 e. The molecule has 11 nitrogen and oxygen atoms in total. The van der Waals surface area contributed by atoms with Gasteiger partial charge in [-0.2, -0.15) is 0 Å². The van der Waals surface area contributed by atoms with Crippen LogP contribution >= 0.6 is 0 Å². The number of fused-ring (bicyclic) bond motifs is 9. The van der Waals surface area contributed by atoms with Crippen molar-refractivity contribution in [1.82, 2.24) is 15.6 Å². The van der Waals surface area contributed by atoms with E-state index in [1.807, 2.05) is 44.6 Å². The number of phenolic OH excluding ortho intramolecular Hbond substituents is 2. The molecule has 0 amide bonds. The summed E-state index contributed by atoms with van der Waals surface area (Å²) in [7, 11) is 5.30. The van der Waals surface area contributed by atoms with Crippen molar-refractivity contribution in [2.75, 3.05) is 47.7 Å². The predicted molar refractivity (Wildman–Crippen MR) is 211 cm³/mol. The molecule has 0 saturated heterocycles. The number of benzene rings is 4. The molecule has 0 radical (unpaired) electrons. The Kier molecular flexibility index (Phi) is 10.4. The van der Waals surface area contributed by atoms with E-state index in [2.05, 4.69) is 39.9 Å². The van der Waals surface area contributed by atoms with Crippen molar-refractivity contribution in [2.45, 2.75) is 68.7 Å². The molecule has 7 N–H and O–H groups in total. The molecule has 1 aliphatic carbocycles. The highest BCUT2D eigenvalue weighted by Gasteiger charge is 2.50. The standard InChI is InChI=1S/C44H51N3O8/c1-45-23-44(53-24-46-2)21-36-35-18-28(16-25-6-11-37-26(15-25)12-13-47-37)34-20-30(50)7-9-32(34)39(35)42-33(10-8-31(22-49)54-42)41(36)55-43(44)29-17-27(5-4-14-48)40(51)38(19-29)52-3/h6-7,9,11-13,15,17,19-20,28,31,43,45-51H,4-5,8,10,14,16,18,21-24H2,1-3H3. The van der Waals surface area contributed by atoms with E-state index in [4.69, 9.17) is 18.9 Å². The molecule has 1 aromatic heterocycles. The topological polar surface area (TPSA) is 158 Å². The number of methoxy groups -OCH3 is 1. The van der Waals surface area contributed by atoms with Gasteiger partial charge in [-0.15, -0.1) is 0 Å². The highest BCUT2D eigenvalue weighted by atomic mass is 16.6. The summed E-state index contributed by atoms with van der Waals surface area (Å²) in [5, 5.41) is 49.7. The number of aromatic nitrogens is 1. The molecule has 3 aliphatic rings. The van der Waals surface area contributed by atoms with Gasteiger partial charge in [0.1, 0.15) is 29.0 Å². The van der Waals surface area contributed by atoms with E-state index in [-0.39, 0.29) is 43.5 Å². The zero-order valence-electron chi connectivity index (χ0n) is 31.7. The van der Waals surface area contributed by atoms with Crippen LogP contribution in [-0.4, -0.2) is 84.8 Å². The third-order valence-electron chi connectivity index (χ3n) is 11.7. The van der Waals surface area contributed by atoms with Crippen LogP contribution in [0.1, 0.15) is 63.8 Å². The molecule has 4 atom stereocenters. The molecule has 0 bridgehead atoms. The fourth-order valence-electron chi connectivity index (χ4n) is 9.18. The van der Waals surface area contributed by atoms with Crippen molar-refractivity contribution < 1.29 is 39.4 Å². The third kappa shape index (κ3) is 6.68. The minimum absolute atomic E-state index is 0.00912. The van der Waals surface area contributed by atoms with Gasteiger partial charge in [0.15, 0.2) is 17.6 Å². The molecule has 4 unspecified atom stereocenters. The Labute approximate surface area is 321 Å². The minimum atomic E-state index is -0.907. The Morgan fingerprint density at radius 2 is 1.82 bits per heavy atom. The second kappa shape index (κ2) is 15.4. The highest BCUT2D eigenvalue weighted by molar-refractivity contribution is 5.85. The van der Waals surface area contributed by atoms with Crippen LogP contribution in [0.4, 0.5) is 0 Å². The summed E-state index contributed by atoms with van der Waals surface area (Å²) in [6, 6.07) is 18.0. The van der Waals surface area contributed by atoms with Gasteiger partial charge in [0.2, 0.25) is 0 Å². The number of aryl methyl sites for hydroxylation is 1. The van der Waals surface area contributed by atoms with Crippen molar-refractivity contribution in [1.29, 1.82) is 0 Å². The molecule has 0 fully saturated rings. The Balaban J connectivity index is 1.34. The Hall–Kier alpha value is -4.78. The van der Waals surface area contributed by atoms with E-state index in [0.717, 1.165) is 67.8 Å². The van der Waals surface area contributed by atoms with Crippen LogP contribution in [0.15, 0.2) is 60.8 Å². The molecule has 2 aliphatic heterocycles. The fraction of sp³-hybridized carbons (Fsp3) is 0.409. The van der Waals surface area contributed by atoms with Crippen molar-refractivity contribution in [3.63, 3.8) is 0 Å². The molecule has 5 aromatic rings. The Bertz CT molecular complexity index is 2200. The van der Waals surface area contributed by atoms with Crippen LogP contribution in [0.2, 0.25) is 0 Å². The quantitative estimate of drug-likeness (QED) is 0.0759. The number of ether oxygens (including phenoxy) is 4. The van der Waals surface area contributed by atoms with Gasteiger partial charge in [-0.05, 0) is 140 Å². The van der Waals surface area contributed by atoms with E-state index in [1.165, 1.54) is 12.7 Å². The lowest BCUT2D eigenvalue weighted by Gasteiger charge is -2.47. The fourth-order valence-corrected chi connectivity index (χ4v) is 9.18. The van der Waals surface area contributed by atoms with Crippen molar-refractivity contribution in [3.05, 3.63) is 99.7 Å². The molecule has 0 spiro atoms.